The van der Waals surface area contributed by atoms with Crippen molar-refractivity contribution in [2.45, 2.75) is 6.17 Å². The van der Waals surface area contributed by atoms with Crippen LogP contribution in [0.5, 0.6) is 0 Å². The Labute approximate surface area is 332 Å². The van der Waals surface area contributed by atoms with Crippen LogP contribution in [-0.2, 0) is 0 Å². The van der Waals surface area contributed by atoms with Gasteiger partial charge in [0, 0.05) is 47.8 Å². The number of benzene rings is 7. The van der Waals surface area contributed by atoms with E-state index in [4.69, 9.17) is 14.4 Å². The highest BCUT2D eigenvalue weighted by Gasteiger charge is 2.24. The van der Waals surface area contributed by atoms with Crippen molar-refractivity contribution in [3.63, 3.8) is 0 Å². The summed E-state index contributed by atoms with van der Waals surface area (Å²) in [6, 6.07) is 57.0. The molecular weight excluding hydrogens is 717 g/mol. The van der Waals surface area contributed by atoms with Crippen molar-refractivity contribution in [2.75, 3.05) is 0 Å². The van der Waals surface area contributed by atoms with E-state index in [0.717, 1.165) is 65.5 Å². The molecule has 3 aromatic heterocycles. The summed E-state index contributed by atoms with van der Waals surface area (Å²) < 4.78 is 11.4. The third kappa shape index (κ3) is 5.45. The van der Waals surface area contributed by atoms with E-state index in [9.17, 15) is 0 Å². The van der Waals surface area contributed by atoms with E-state index >= 15 is 0 Å². The lowest BCUT2D eigenvalue weighted by atomic mass is 9.99. The quantitative estimate of drug-likeness (QED) is 0.184. The first-order valence-corrected chi connectivity index (χ1v) is 19.9. The minimum atomic E-state index is -0.314. The van der Waals surface area contributed by atoms with Gasteiger partial charge in [0.15, 0.2) is 5.84 Å². The summed E-state index contributed by atoms with van der Waals surface area (Å²) in [6.45, 7) is 4.12. The van der Waals surface area contributed by atoms with Crippen molar-refractivity contribution in [1.29, 1.82) is 0 Å². The molecule has 0 fully saturated rings. The fraction of sp³-hybridized carbons (Fsp3) is 0.0196. The molecule has 7 aromatic carbocycles. The minimum Gasteiger partial charge on any atom is -0.456 e. The van der Waals surface area contributed by atoms with E-state index in [1.54, 1.807) is 11.3 Å². The lowest BCUT2D eigenvalue weighted by Gasteiger charge is -2.24. The average molecular weight is 751 g/mol. The minimum absolute atomic E-state index is 0.314. The maximum absolute atomic E-state index is 6.62. The van der Waals surface area contributed by atoms with Gasteiger partial charge in [-0.3, -0.25) is 0 Å². The number of furan rings is 1. The highest BCUT2D eigenvalue weighted by molar-refractivity contribution is 7.17. The van der Waals surface area contributed by atoms with Crippen molar-refractivity contribution in [2.24, 2.45) is 9.98 Å². The first kappa shape index (κ1) is 33.1. The number of allylic oxidation sites excluding steroid dienone is 1. The summed E-state index contributed by atoms with van der Waals surface area (Å²) in [6.07, 6.45) is 6.01. The van der Waals surface area contributed by atoms with Crippen LogP contribution in [-0.4, -0.2) is 16.2 Å². The molecule has 0 bridgehead atoms. The van der Waals surface area contributed by atoms with E-state index in [2.05, 4.69) is 144 Å². The number of rotatable bonds is 6. The third-order valence-electron chi connectivity index (χ3n) is 10.9. The van der Waals surface area contributed by atoms with Crippen LogP contribution < -0.4 is 15.1 Å². The fourth-order valence-electron chi connectivity index (χ4n) is 8.35. The number of aliphatic imine (C=N–C) groups is 2. The van der Waals surface area contributed by atoms with Gasteiger partial charge in [-0.1, -0.05) is 146 Å². The number of hydrogen-bond donors (Lipinski definition) is 1. The first-order chi connectivity index (χ1) is 28.2. The molecule has 1 aliphatic rings. The number of aromatic nitrogens is 1. The van der Waals surface area contributed by atoms with Crippen LogP contribution in [0.15, 0.2) is 191 Å². The molecule has 0 amide bonds. The number of fused-ring (bicyclic) bond motifs is 7. The van der Waals surface area contributed by atoms with Crippen LogP contribution in [0.25, 0.3) is 71.7 Å². The Balaban J connectivity index is 1.14. The first-order valence-electron chi connectivity index (χ1n) is 19.1. The number of hydrogen-bond acceptors (Lipinski definition) is 5. The molecule has 0 aliphatic carbocycles. The molecule has 57 heavy (non-hydrogen) atoms. The Kier molecular flexibility index (Phi) is 7.83. The Hall–Kier alpha value is -7.28. The van der Waals surface area contributed by atoms with Gasteiger partial charge in [0.05, 0.1) is 21.4 Å². The molecule has 270 valence electrons. The average Bonchev–Trinajstić information content (AvgIpc) is 3.94. The summed E-state index contributed by atoms with van der Waals surface area (Å²) in [4.78, 5) is 10.3. The molecule has 5 nitrogen and oxygen atoms in total. The van der Waals surface area contributed by atoms with Gasteiger partial charge in [0.2, 0.25) is 0 Å². The van der Waals surface area contributed by atoms with Crippen molar-refractivity contribution in [1.82, 2.24) is 9.88 Å². The molecule has 6 heteroatoms. The number of para-hydroxylation sites is 2. The molecule has 0 spiro atoms. The van der Waals surface area contributed by atoms with Gasteiger partial charge in [-0.15, -0.1) is 11.3 Å². The van der Waals surface area contributed by atoms with Crippen LogP contribution >= 0.6 is 11.3 Å². The summed E-state index contributed by atoms with van der Waals surface area (Å²) in [7, 11) is 0. The molecule has 1 atom stereocenters. The van der Waals surface area contributed by atoms with Crippen LogP contribution in [0.3, 0.4) is 0 Å². The molecule has 4 heterocycles. The summed E-state index contributed by atoms with van der Waals surface area (Å²) in [5.74, 6) is 1.43. The van der Waals surface area contributed by atoms with Crippen molar-refractivity contribution in [3.05, 3.63) is 208 Å². The van der Waals surface area contributed by atoms with Crippen LogP contribution in [0.1, 0.15) is 28.4 Å². The maximum Gasteiger partial charge on any atom is 0.159 e. The Bertz CT molecular complexity index is 3350. The predicted molar refractivity (Wildman–Crippen MR) is 239 cm³/mol. The SMILES string of the molecule is C=C/C=c1/sc2c(-n3c4ccccc4c4ccccc43)cccc2/c1=C/c1cccc2oc3cccc(C4=NC(c5ccccc5)=NC(c5ccccc5)N4)c3c12. The maximum atomic E-state index is 6.62. The number of nitrogens with zero attached hydrogens (tertiary/aromatic N) is 3. The van der Waals surface area contributed by atoms with Crippen LogP contribution in [0.2, 0.25) is 0 Å². The fourth-order valence-corrected chi connectivity index (χ4v) is 9.57. The molecule has 1 aliphatic heterocycles. The molecule has 11 rings (SSSR count). The molecule has 10 aromatic rings. The van der Waals surface area contributed by atoms with Crippen molar-refractivity contribution < 1.29 is 4.42 Å². The standard InChI is InChI=1S/C51H34N4OS/c1-2-16-45-39(37-24-14-28-42(48(37)57-45)55-40-26-11-9-22-35(40)36-23-10-12-27-41(36)55)31-34-21-13-29-43-46(34)47-38(25-15-30-44(47)56-43)51-53-49(32-17-5-3-6-18-32)52-50(54-51)33-19-7-4-8-20-33/h2-31,49H,1H2,(H,52,53,54)/b39-31-,45-16+. The van der Waals surface area contributed by atoms with E-state index in [0.29, 0.717) is 5.84 Å². The predicted octanol–water partition coefficient (Wildman–Crippen LogP) is 11.2. The van der Waals surface area contributed by atoms with Crippen molar-refractivity contribution in [3.8, 4) is 5.69 Å². The Morgan fingerprint density at radius 2 is 1.30 bits per heavy atom. The van der Waals surface area contributed by atoms with Gasteiger partial charge in [0.1, 0.15) is 23.2 Å². The van der Waals surface area contributed by atoms with Crippen LogP contribution in [0, 0.1) is 0 Å². The smallest absolute Gasteiger partial charge is 0.159 e. The van der Waals surface area contributed by atoms with Gasteiger partial charge in [0.25, 0.3) is 0 Å². The lowest BCUT2D eigenvalue weighted by Crippen LogP contribution is -2.33. The molecular formula is C51H34N4OS. The summed E-state index contributed by atoms with van der Waals surface area (Å²) in [5.41, 5.74) is 9.21. The summed E-state index contributed by atoms with van der Waals surface area (Å²) in [5, 5.41) is 10.6. The third-order valence-corrected chi connectivity index (χ3v) is 12.1. The lowest BCUT2D eigenvalue weighted by molar-refractivity contribution is 0.667. The Morgan fingerprint density at radius 3 is 2.05 bits per heavy atom. The zero-order valence-corrected chi connectivity index (χ0v) is 31.6. The Morgan fingerprint density at radius 1 is 0.649 bits per heavy atom. The van der Waals surface area contributed by atoms with Gasteiger partial charge < -0.3 is 14.3 Å². The second-order valence-corrected chi connectivity index (χ2v) is 15.2. The van der Waals surface area contributed by atoms with Gasteiger partial charge in [-0.2, -0.15) is 0 Å². The molecule has 1 N–H and O–H groups in total. The normalized spacial score (nSPS) is 15.1. The van der Waals surface area contributed by atoms with Gasteiger partial charge in [-0.25, -0.2) is 9.98 Å². The van der Waals surface area contributed by atoms with Gasteiger partial charge >= 0.3 is 0 Å². The van der Waals surface area contributed by atoms with E-state index in [1.807, 2.05) is 54.6 Å². The van der Waals surface area contributed by atoms with E-state index in [-0.39, 0.29) is 6.17 Å². The second kappa shape index (κ2) is 13.5. The molecule has 0 saturated heterocycles. The second-order valence-electron chi connectivity index (χ2n) is 14.2. The largest absolute Gasteiger partial charge is 0.456 e. The zero-order valence-electron chi connectivity index (χ0n) is 30.8. The number of amidine groups is 2. The van der Waals surface area contributed by atoms with Gasteiger partial charge in [-0.05, 0) is 53.6 Å². The number of nitrogens with one attached hydrogen (secondary N) is 1. The topological polar surface area (TPSA) is 54.8 Å². The highest BCUT2D eigenvalue weighted by atomic mass is 32.1. The van der Waals surface area contributed by atoms with E-state index in [1.165, 1.54) is 31.9 Å². The summed E-state index contributed by atoms with van der Waals surface area (Å²) >= 11 is 1.80. The molecule has 0 saturated carbocycles. The monoisotopic (exact) mass is 750 g/mol. The molecule has 0 radical (unpaired) electrons. The van der Waals surface area contributed by atoms with E-state index < -0.39 is 0 Å². The van der Waals surface area contributed by atoms with Crippen LogP contribution in [0.4, 0.5) is 0 Å². The molecule has 1 unspecified atom stereocenters. The highest BCUT2D eigenvalue weighted by Crippen LogP contribution is 2.37. The number of thiophene rings is 1. The zero-order chi connectivity index (χ0) is 37.9. The van der Waals surface area contributed by atoms with Crippen molar-refractivity contribution >= 4 is 89.0 Å².